The largest absolute Gasteiger partial charge is 0.360 e. The van der Waals surface area contributed by atoms with E-state index in [0.717, 1.165) is 9.88 Å². The van der Waals surface area contributed by atoms with Crippen LogP contribution in [0.2, 0.25) is 0 Å². The summed E-state index contributed by atoms with van der Waals surface area (Å²) in [7, 11) is 0. The number of halogens is 1. The monoisotopic (exact) mass is 354 g/mol. The lowest BCUT2D eigenvalue weighted by atomic mass is 10.2. The van der Waals surface area contributed by atoms with Gasteiger partial charge in [0.15, 0.2) is 11.5 Å². The van der Waals surface area contributed by atoms with Crippen molar-refractivity contribution in [2.45, 2.75) is 19.9 Å². The molecule has 25 heavy (non-hydrogen) atoms. The Balaban J connectivity index is 1.70. The van der Waals surface area contributed by atoms with Crippen LogP contribution in [0.5, 0.6) is 0 Å². The van der Waals surface area contributed by atoms with Gasteiger partial charge in [-0.3, -0.25) is 0 Å². The summed E-state index contributed by atoms with van der Waals surface area (Å²) in [6.45, 7) is 4.05. The van der Waals surface area contributed by atoms with E-state index < -0.39 is 0 Å². The van der Waals surface area contributed by atoms with Gasteiger partial charge >= 0.3 is 0 Å². The first-order valence-corrected chi connectivity index (χ1v) is 8.59. The van der Waals surface area contributed by atoms with Gasteiger partial charge in [-0.05, 0) is 38.1 Å². The summed E-state index contributed by atoms with van der Waals surface area (Å²) in [5, 5.41) is 17.0. The highest BCUT2D eigenvalue weighted by Gasteiger charge is 2.15. The minimum Gasteiger partial charge on any atom is -0.360 e. The Labute approximate surface area is 147 Å². The van der Waals surface area contributed by atoms with Crippen molar-refractivity contribution in [1.82, 2.24) is 24.8 Å². The quantitative estimate of drug-likeness (QED) is 0.602. The highest BCUT2D eigenvalue weighted by atomic mass is 32.1. The summed E-state index contributed by atoms with van der Waals surface area (Å²) in [6.07, 6.45) is 1.85. The summed E-state index contributed by atoms with van der Waals surface area (Å²) < 4.78 is 15.6. The van der Waals surface area contributed by atoms with Gasteiger partial charge in [-0.2, -0.15) is 4.52 Å². The van der Waals surface area contributed by atoms with Gasteiger partial charge in [0.05, 0.1) is 11.6 Å². The number of rotatable bonds is 4. The lowest BCUT2D eigenvalue weighted by Gasteiger charge is -2.12. The maximum atomic E-state index is 14.1. The molecule has 0 bridgehead atoms. The van der Waals surface area contributed by atoms with Crippen LogP contribution in [0.4, 0.5) is 10.2 Å². The highest BCUT2D eigenvalue weighted by Crippen LogP contribution is 2.24. The Bertz CT molecular complexity index is 1040. The molecule has 1 unspecified atom stereocenters. The molecule has 4 rings (SSSR count). The summed E-state index contributed by atoms with van der Waals surface area (Å²) >= 11 is 1.64. The predicted molar refractivity (Wildman–Crippen MR) is 95.1 cm³/mol. The second kappa shape index (κ2) is 6.21. The van der Waals surface area contributed by atoms with Crippen molar-refractivity contribution in [2.24, 2.45) is 0 Å². The number of hydrogen-bond acceptors (Lipinski definition) is 6. The molecule has 8 heteroatoms. The third-order valence-electron chi connectivity index (χ3n) is 3.75. The molecule has 0 saturated carbocycles. The third-order valence-corrected chi connectivity index (χ3v) is 4.85. The van der Waals surface area contributed by atoms with Crippen LogP contribution in [0.3, 0.4) is 0 Å². The molecule has 4 aromatic rings. The Morgan fingerprint density at radius 2 is 2.00 bits per heavy atom. The minimum atomic E-state index is -0.358. The van der Waals surface area contributed by atoms with Crippen molar-refractivity contribution in [1.29, 1.82) is 0 Å². The molecule has 0 radical (unpaired) electrons. The van der Waals surface area contributed by atoms with Crippen molar-refractivity contribution in [3.63, 3.8) is 0 Å². The standard InChI is InChI=1S/C17H15FN6S/c1-10-9-19-17(25-10)11(2)20-14-7-8-15-21-22-16(24(15)23-14)12-5-3-4-6-13(12)18/h3-9,11H,1-2H3,(H,20,23). The number of aromatic nitrogens is 5. The van der Waals surface area contributed by atoms with Gasteiger partial charge in [-0.1, -0.05) is 12.1 Å². The summed E-state index contributed by atoms with van der Waals surface area (Å²) in [5.74, 6) is 0.656. The minimum absolute atomic E-state index is 0.0112. The molecule has 0 spiro atoms. The smallest absolute Gasteiger partial charge is 0.188 e. The molecule has 6 nitrogen and oxygen atoms in total. The van der Waals surface area contributed by atoms with E-state index in [1.165, 1.54) is 6.07 Å². The van der Waals surface area contributed by atoms with Crippen LogP contribution < -0.4 is 5.32 Å². The van der Waals surface area contributed by atoms with E-state index in [0.29, 0.717) is 22.9 Å². The van der Waals surface area contributed by atoms with E-state index in [2.05, 4.69) is 25.6 Å². The number of nitrogens with one attached hydrogen (secondary N) is 1. The van der Waals surface area contributed by atoms with E-state index in [1.807, 2.05) is 26.1 Å². The number of nitrogens with zero attached hydrogens (tertiary/aromatic N) is 5. The number of benzene rings is 1. The summed E-state index contributed by atoms with van der Waals surface area (Å²) in [4.78, 5) is 5.55. The fourth-order valence-corrected chi connectivity index (χ4v) is 3.31. The summed E-state index contributed by atoms with van der Waals surface area (Å²) in [5.41, 5.74) is 0.921. The van der Waals surface area contributed by atoms with Gasteiger partial charge in [-0.25, -0.2) is 9.37 Å². The van der Waals surface area contributed by atoms with Crippen LogP contribution in [0.1, 0.15) is 22.9 Å². The Kier molecular flexibility index (Phi) is 3.89. The molecule has 0 aliphatic heterocycles. The molecule has 0 amide bonds. The van der Waals surface area contributed by atoms with Gasteiger partial charge < -0.3 is 5.32 Å². The molecule has 3 heterocycles. The van der Waals surface area contributed by atoms with Gasteiger partial charge in [0, 0.05) is 11.1 Å². The number of thiazole rings is 1. The molecule has 0 aliphatic carbocycles. The zero-order valence-electron chi connectivity index (χ0n) is 13.6. The average molecular weight is 354 g/mol. The van der Waals surface area contributed by atoms with Gasteiger partial charge in [0.25, 0.3) is 0 Å². The van der Waals surface area contributed by atoms with Crippen LogP contribution in [0.25, 0.3) is 17.0 Å². The first-order valence-electron chi connectivity index (χ1n) is 7.78. The van der Waals surface area contributed by atoms with Crippen LogP contribution >= 0.6 is 11.3 Å². The zero-order chi connectivity index (χ0) is 17.4. The molecule has 0 aliphatic rings. The van der Waals surface area contributed by atoms with Crippen molar-refractivity contribution in [2.75, 3.05) is 5.32 Å². The lowest BCUT2D eigenvalue weighted by molar-refractivity contribution is 0.629. The second-order valence-electron chi connectivity index (χ2n) is 5.67. The Hall–Kier alpha value is -2.87. The van der Waals surface area contributed by atoms with Crippen molar-refractivity contribution < 1.29 is 4.39 Å². The maximum absolute atomic E-state index is 14.1. The molecule has 126 valence electrons. The number of fused-ring (bicyclic) bond motifs is 1. The van der Waals surface area contributed by atoms with E-state index in [4.69, 9.17) is 0 Å². The van der Waals surface area contributed by atoms with E-state index >= 15 is 0 Å². The average Bonchev–Trinajstić information content (AvgIpc) is 3.21. The number of hydrogen-bond donors (Lipinski definition) is 1. The van der Waals surface area contributed by atoms with Crippen LogP contribution in [-0.2, 0) is 0 Å². The highest BCUT2D eigenvalue weighted by molar-refractivity contribution is 7.11. The van der Waals surface area contributed by atoms with Gasteiger partial charge in [-0.15, -0.1) is 26.6 Å². The Morgan fingerprint density at radius 3 is 2.76 bits per heavy atom. The third kappa shape index (κ3) is 2.96. The lowest BCUT2D eigenvalue weighted by Crippen LogP contribution is -2.09. The number of anilines is 1. The van der Waals surface area contributed by atoms with Crippen LogP contribution in [0, 0.1) is 12.7 Å². The first kappa shape index (κ1) is 15.6. The first-order chi connectivity index (χ1) is 12.1. The van der Waals surface area contributed by atoms with Gasteiger partial charge in [0.1, 0.15) is 16.6 Å². The molecular weight excluding hydrogens is 339 g/mol. The fourth-order valence-electron chi connectivity index (χ4n) is 2.53. The van der Waals surface area contributed by atoms with Crippen molar-refractivity contribution in [3.8, 4) is 11.4 Å². The van der Waals surface area contributed by atoms with E-state index in [9.17, 15) is 4.39 Å². The second-order valence-corrected chi connectivity index (χ2v) is 6.93. The van der Waals surface area contributed by atoms with Gasteiger partial charge in [0.2, 0.25) is 0 Å². The molecular formula is C17H15FN6S. The zero-order valence-corrected chi connectivity index (χ0v) is 14.5. The van der Waals surface area contributed by atoms with Crippen molar-refractivity contribution in [3.05, 3.63) is 58.3 Å². The number of aryl methyl sites for hydroxylation is 1. The maximum Gasteiger partial charge on any atom is 0.188 e. The molecule has 3 aromatic heterocycles. The molecule has 0 saturated heterocycles. The topological polar surface area (TPSA) is 68.0 Å². The van der Waals surface area contributed by atoms with Crippen LogP contribution in [-0.4, -0.2) is 24.8 Å². The molecule has 1 N–H and O–H groups in total. The van der Waals surface area contributed by atoms with E-state index in [1.54, 1.807) is 40.1 Å². The molecule has 0 fully saturated rings. The van der Waals surface area contributed by atoms with E-state index in [-0.39, 0.29) is 11.9 Å². The Morgan fingerprint density at radius 1 is 1.16 bits per heavy atom. The fraction of sp³-hybridized carbons (Fsp3) is 0.176. The predicted octanol–water partition coefficient (Wildman–Crippen LogP) is 3.87. The normalized spacial score (nSPS) is 12.4. The SMILES string of the molecule is Cc1cnc(C(C)Nc2ccc3nnc(-c4ccccc4F)n3n2)s1. The van der Waals surface area contributed by atoms with Crippen molar-refractivity contribution >= 4 is 22.8 Å². The summed E-state index contributed by atoms with van der Waals surface area (Å²) in [6, 6.07) is 10.1. The van der Waals surface area contributed by atoms with Crippen LogP contribution in [0.15, 0.2) is 42.6 Å². The molecule has 1 atom stereocenters. The molecule has 1 aromatic carbocycles.